The molecule has 1 aliphatic heterocycles. The summed E-state index contributed by atoms with van der Waals surface area (Å²) >= 11 is 1.65. The van der Waals surface area contributed by atoms with Crippen LogP contribution < -0.4 is 9.47 Å². The minimum absolute atomic E-state index is 0.575. The van der Waals surface area contributed by atoms with E-state index < -0.39 is 0 Å². The average molecular weight is 350 g/mol. The van der Waals surface area contributed by atoms with Gasteiger partial charge in [0.05, 0.1) is 18.9 Å². The zero-order valence-electron chi connectivity index (χ0n) is 13.3. The maximum Gasteiger partial charge on any atom is 0.253 e. The van der Waals surface area contributed by atoms with Gasteiger partial charge in [0.15, 0.2) is 17.3 Å². The Morgan fingerprint density at radius 3 is 2.80 bits per heavy atom. The Labute approximate surface area is 147 Å². The summed E-state index contributed by atoms with van der Waals surface area (Å²) < 4.78 is 13.2. The third-order valence-electron chi connectivity index (χ3n) is 4.06. The second-order valence-corrected chi connectivity index (χ2v) is 6.48. The summed E-state index contributed by atoms with van der Waals surface area (Å²) in [6.45, 7) is 1.33. The maximum atomic E-state index is 5.77. The molecule has 0 unspecified atom stereocenters. The lowest BCUT2D eigenvalue weighted by Gasteiger charge is -2.07. The van der Waals surface area contributed by atoms with Gasteiger partial charge in [0, 0.05) is 29.1 Å². The number of rotatable bonds is 2. The fourth-order valence-electron chi connectivity index (χ4n) is 2.85. The Hall–Kier alpha value is -2.93. The predicted molar refractivity (Wildman–Crippen MR) is 95.1 cm³/mol. The van der Waals surface area contributed by atoms with Crippen LogP contribution >= 0.6 is 11.3 Å². The highest BCUT2D eigenvalue weighted by atomic mass is 32.1. The third kappa shape index (κ3) is 2.53. The molecule has 0 amide bonds. The topological polar surface area (TPSA) is 61.5 Å². The molecule has 0 radical (unpaired) electrons. The summed E-state index contributed by atoms with van der Waals surface area (Å²) in [5.41, 5.74) is 2.96. The molecule has 0 atom stereocenters. The van der Waals surface area contributed by atoms with Gasteiger partial charge in [-0.25, -0.2) is 4.98 Å². The van der Waals surface area contributed by atoms with Crippen LogP contribution in [0.5, 0.6) is 11.5 Å². The normalized spacial score (nSPS) is 13.8. The van der Waals surface area contributed by atoms with Crippen LogP contribution in [-0.2, 0) is 0 Å². The Balaban J connectivity index is 1.62. The monoisotopic (exact) mass is 350 g/mol. The van der Waals surface area contributed by atoms with E-state index in [1.165, 1.54) is 0 Å². The van der Waals surface area contributed by atoms with Crippen molar-refractivity contribution < 1.29 is 9.47 Å². The van der Waals surface area contributed by atoms with Crippen molar-refractivity contribution >= 4 is 17.1 Å². The fraction of sp³-hybridized carbons (Fsp3) is 0.167. The summed E-state index contributed by atoms with van der Waals surface area (Å²) in [7, 11) is 0. The van der Waals surface area contributed by atoms with Crippen molar-refractivity contribution in [3.8, 4) is 34.1 Å². The molecular weight excluding hydrogens is 336 g/mol. The van der Waals surface area contributed by atoms with Gasteiger partial charge in [-0.15, -0.1) is 5.10 Å². The number of nitrogens with zero attached hydrogens (tertiary/aromatic N) is 4. The Morgan fingerprint density at radius 1 is 1.00 bits per heavy atom. The van der Waals surface area contributed by atoms with Gasteiger partial charge in [-0.3, -0.25) is 0 Å². The molecule has 3 aromatic heterocycles. The van der Waals surface area contributed by atoms with Crippen molar-refractivity contribution in [1.29, 1.82) is 0 Å². The first kappa shape index (κ1) is 14.4. The number of thiophene rings is 1. The van der Waals surface area contributed by atoms with Crippen LogP contribution in [-0.4, -0.2) is 32.8 Å². The number of fused-ring (bicyclic) bond motifs is 2. The Bertz CT molecular complexity index is 1040. The van der Waals surface area contributed by atoms with Crippen LogP contribution in [0.1, 0.15) is 6.42 Å². The molecule has 124 valence electrons. The third-order valence-corrected chi connectivity index (χ3v) is 4.75. The molecule has 0 saturated heterocycles. The molecule has 0 aliphatic carbocycles. The first-order chi connectivity index (χ1) is 12.4. The summed E-state index contributed by atoms with van der Waals surface area (Å²) in [4.78, 5) is 8.91. The molecule has 0 saturated carbocycles. The molecule has 0 bridgehead atoms. The van der Waals surface area contributed by atoms with Crippen molar-refractivity contribution in [2.45, 2.75) is 6.42 Å². The van der Waals surface area contributed by atoms with E-state index in [4.69, 9.17) is 9.47 Å². The highest BCUT2D eigenvalue weighted by Crippen LogP contribution is 2.33. The van der Waals surface area contributed by atoms with Gasteiger partial charge in [-0.05, 0) is 35.7 Å². The van der Waals surface area contributed by atoms with Crippen LogP contribution in [0.25, 0.3) is 28.4 Å². The van der Waals surface area contributed by atoms with Gasteiger partial charge in [0.2, 0.25) is 0 Å². The van der Waals surface area contributed by atoms with Gasteiger partial charge >= 0.3 is 0 Å². The van der Waals surface area contributed by atoms with Gasteiger partial charge in [0.25, 0.3) is 5.78 Å². The van der Waals surface area contributed by atoms with E-state index in [0.29, 0.717) is 24.8 Å². The smallest absolute Gasteiger partial charge is 0.253 e. The summed E-state index contributed by atoms with van der Waals surface area (Å²) in [5.74, 6) is 2.69. The highest BCUT2D eigenvalue weighted by Gasteiger charge is 2.15. The molecule has 0 fully saturated rings. The number of benzene rings is 1. The van der Waals surface area contributed by atoms with E-state index in [0.717, 1.165) is 34.7 Å². The molecule has 0 spiro atoms. The maximum absolute atomic E-state index is 5.77. The molecule has 4 aromatic rings. The molecular formula is C18H14N4O2S. The summed E-state index contributed by atoms with van der Waals surface area (Å²) in [6, 6.07) is 9.80. The molecule has 5 rings (SSSR count). The number of ether oxygens (including phenoxy) is 2. The lowest BCUT2D eigenvalue weighted by molar-refractivity contribution is 0.297. The van der Waals surface area contributed by atoms with Crippen LogP contribution in [0.15, 0.2) is 47.3 Å². The van der Waals surface area contributed by atoms with Crippen molar-refractivity contribution in [2.24, 2.45) is 0 Å². The van der Waals surface area contributed by atoms with Gasteiger partial charge in [0.1, 0.15) is 0 Å². The molecule has 7 heteroatoms. The van der Waals surface area contributed by atoms with E-state index >= 15 is 0 Å². The fourth-order valence-corrected chi connectivity index (χ4v) is 3.50. The number of hydrogen-bond acceptors (Lipinski definition) is 6. The first-order valence-corrected chi connectivity index (χ1v) is 8.97. The minimum atomic E-state index is 0.575. The minimum Gasteiger partial charge on any atom is -0.490 e. The molecule has 0 N–H and O–H groups in total. The lowest BCUT2D eigenvalue weighted by atomic mass is 10.2. The van der Waals surface area contributed by atoms with Crippen LogP contribution in [0.4, 0.5) is 0 Å². The first-order valence-electron chi connectivity index (χ1n) is 8.03. The van der Waals surface area contributed by atoms with Crippen molar-refractivity contribution in [3.63, 3.8) is 0 Å². The van der Waals surface area contributed by atoms with Crippen LogP contribution in [0, 0.1) is 0 Å². The zero-order chi connectivity index (χ0) is 16.6. The quantitative estimate of drug-likeness (QED) is 0.552. The van der Waals surface area contributed by atoms with Crippen LogP contribution in [0.2, 0.25) is 0 Å². The Morgan fingerprint density at radius 2 is 1.92 bits per heavy atom. The Kier molecular flexibility index (Phi) is 3.38. The largest absolute Gasteiger partial charge is 0.490 e. The summed E-state index contributed by atoms with van der Waals surface area (Å²) in [5, 5.41) is 8.79. The van der Waals surface area contributed by atoms with Crippen molar-refractivity contribution in [1.82, 2.24) is 19.6 Å². The summed E-state index contributed by atoms with van der Waals surface area (Å²) in [6.07, 6.45) is 2.64. The molecule has 6 nitrogen and oxygen atoms in total. The molecule has 1 aliphatic rings. The molecule has 4 heterocycles. The van der Waals surface area contributed by atoms with E-state index in [2.05, 4.69) is 26.5 Å². The molecule has 25 heavy (non-hydrogen) atoms. The number of hydrogen-bond donors (Lipinski definition) is 0. The van der Waals surface area contributed by atoms with E-state index in [9.17, 15) is 0 Å². The van der Waals surface area contributed by atoms with Crippen molar-refractivity contribution in [2.75, 3.05) is 13.2 Å². The lowest BCUT2D eigenvalue weighted by Crippen LogP contribution is -1.97. The highest BCUT2D eigenvalue weighted by molar-refractivity contribution is 7.08. The second kappa shape index (κ2) is 5.86. The van der Waals surface area contributed by atoms with Gasteiger partial charge in [-0.2, -0.15) is 20.8 Å². The van der Waals surface area contributed by atoms with Gasteiger partial charge < -0.3 is 9.47 Å². The van der Waals surface area contributed by atoms with E-state index in [-0.39, 0.29) is 0 Å². The average Bonchev–Trinajstić information content (AvgIpc) is 3.26. The standard InChI is InChI=1S/C18H14N4O2S/c1-7-23-15-3-2-12(10-16(15)24-8-1)17-20-18-19-6-4-14(22(18)21-17)13-5-9-25-11-13/h2-6,9-11H,1,7-8H2. The number of aromatic nitrogens is 4. The van der Waals surface area contributed by atoms with E-state index in [1.807, 2.05) is 29.6 Å². The van der Waals surface area contributed by atoms with Crippen LogP contribution in [0.3, 0.4) is 0 Å². The molecule has 1 aromatic carbocycles. The van der Waals surface area contributed by atoms with Gasteiger partial charge in [-0.1, -0.05) is 0 Å². The second-order valence-electron chi connectivity index (χ2n) is 5.70. The van der Waals surface area contributed by atoms with Crippen molar-refractivity contribution in [3.05, 3.63) is 47.3 Å². The zero-order valence-corrected chi connectivity index (χ0v) is 14.1. The van der Waals surface area contributed by atoms with E-state index in [1.54, 1.807) is 22.0 Å². The predicted octanol–water partition coefficient (Wildman–Crippen LogP) is 3.68. The SMILES string of the molecule is c1cc(-c2ccsc2)n2nc(-c3ccc4c(c3)OCCCO4)nc2n1.